The second-order valence-electron chi connectivity index (χ2n) is 17.7. The van der Waals surface area contributed by atoms with Gasteiger partial charge in [-0.05, 0) is 145 Å². The Hall–Kier alpha value is -7.62. The van der Waals surface area contributed by atoms with Crippen molar-refractivity contribution in [2.45, 2.75) is 39.5 Å². The van der Waals surface area contributed by atoms with Crippen molar-refractivity contribution in [1.82, 2.24) is 15.0 Å². The van der Waals surface area contributed by atoms with Crippen LogP contribution in [0.5, 0.6) is 0 Å². The van der Waals surface area contributed by atoms with E-state index in [-0.39, 0.29) is 20.1 Å². The van der Waals surface area contributed by atoms with Gasteiger partial charge in [-0.25, -0.2) is 0 Å². The summed E-state index contributed by atoms with van der Waals surface area (Å²) in [6.45, 7) is 4.51. The molecule has 0 unspecified atom stereocenters. The number of pyridine rings is 3. The van der Waals surface area contributed by atoms with E-state index in [4.69, 9.17) is 15.0 Å². The summed E-state index contributed by atoms with van der Waals surface area (Å²) in [5.74, 6) is 0. The number of nitrogens with zero attached hydrogens (tertiary/aromatic N) is 3. The van der Waals surface area contributed by atoms with E-state index >= 15 is 0 Å². The smallest absolute Gasteiger partial charge is 0.304 e. The molecule has 0 bridgehead atoms. The van der Waals surface area contributed by atoms with Crippen LogP contribution in [0.2, 0.25) is 0 Å². The molecule has 8 aromatic carbocycles. The van der Waals surface area contributed by atoms with Gasteiger partial charge in [-0.15, -0.1) is 108 Å². The molecule has 0 N–H and O–H groups in total. The number of rotatable bonds is 12. The van der Waals surface area contributed by atoms with Gasteiger partial charge in [0.25, 0.3) is 0 Å². The third-order valence-electron chi connectivity index (χ3n) is 13.4. The Morgan fingerprint density at radius 1 is 0.333 bits per heavy atom. The second-order valence-corrected chi connectivity index (χ2v) is 17.7. The standard InChI is InChI=1S/C65H48N3.Ir/c1-44-45(2)60-39-53(32-33-59(60)57-24-14-12-22-55(44)57)61-40-65(52-20-10-5-11-21-52)68-43-62(61)58-25-15-13-23-56(58)54-37-48(28-26-46-30-34-63(66-41-46)50-16-6-3-7-17-50)36-49(38-54)29-27-47-31-35-64(67-42-47)51-18-8-4-9-19-51;/h3-16,18,20,22-25,30-43H,26-29H2,1-2H3;/q-3;+3. The zero-order chi connectivity index (χ0) is 45.8. The molecular weight excluding hydrogens is 1010 g/mol. The SMILES string of the molecule is Cc1c(C)c2cc(-c3cc(-c4[c-]cccc4)ncc3-c3ccccc3-c3cc(CCc4ccc(-c5[c-]cccc5)nc4)cc(CCc4ccc(-c5[c-]cccc5)nc4)c3)ccc2c2ccccc12.[Ir+3]. The zero-order valence-electron chi connectivity index (χ0n) is 38.6. The first kappa shape index (κ1) is 45.2. The van der Waals surface area contributed by atoms with Gasteiger partial charge in [0.2, 0.25) is 0 Å². The van der Waals surface area contributed by atoms with E-state index < -0.39 is 0 Å². The maximum atomic E-state index is 5.15. The Morgan fingerprint density at radius 3 is 1.39 bits per heavy atom. The first-order chi connectivity index (χ1) is 33.5. The van der Waals surface area contributed by atoms with Gasteiger partial charge in [0, 0.05) is 24.2 Å². The Balaban J connectivity index is 0.00000553. The van der Waals surface area contributed by atoms with Crippen LogP contribution in [-0.2, 0) is 45.8 Å². The average Bonchev–Trinajstić information content (AvgIpc) is 3.42. The molecule has 0 amide bonds. The predicted molar refractivity (Wildman–Crippen MR) is 281 cm³/mol. The fourth-order valence-corrected chi connectivity index (χ4v) is 9.64. The van der Waals surface area contributed by atoms with E-state index in [1.807, 2.05) is 60.9 Å². The van der Waals surface area contributed by atoms with Gasteiger partial charge in [0.05, 0.1) is 0 Å². The quantitative estimate of drug-likeness (QED) is 0.0904. The fourth-order valence-electron chi connectivity index (χ4n) is 9.64. The summed E-state index contributed by atoms with van der Waals surface area (Å²) in [7, 11) is 0. The van der Waals surface area contributed by atoms with Crippen molar-refractivity contribution in [3.63, 3.8) is 0 Å². The second kappa shape index (κ2) is 20.3. The number of hydrogen-bond donors (Lipinski definition) is 0. The van der Waals surface area contributed by atoms with Crippen molar-refractivity contribution in [2.24, 2.45) is 0 Å². The summed E-state index contributed by atoms with van der Waals surface area (Å²) >= 11 is 0. The molecule has 0 aliphatic rings. The number of aryl methyl sites for hydroxylation is 6. The Bertz CT molecular complexity index is 3450. The van der Waals surface area contributed by atoms with Gasteiger partial charge in [-0.1, -0.05) is 109 Å². The van der Waals surface area contributed by atoms with Crippen molar-refractivity contribution < 1.29 is 20.1 Å². The monoisotopic (exact) mass is 1060 g/mol. The van der Waals surface area contributed by atoms with Crippen LogP contribution < -0.4 is 0 Å². The normalized spacial score (nSPS) is 11.2. The third-order valence-corrected chi connectivity index (χ3v) is 13.4. The van der Waals surface area contributed by atoms with Crippen LogP contribution in [-0.4, -0.2) is 15.0 Å². The summed E-state index contributed by atoms with van der Waals surface area (Å²) in [5, 5.41) is 5.13. The molecule has 69 heavy (non-hydrogen) atoms. The summed E-state index contributed by atoms with van der Waals surface area (Å²) in [6.07, 6.45) is 9.62. The molecule has 0 aliphatic carbocycles. The van der Waals surface area contributed by atoms with Crippen LogP contribution in [0.15, 0.2) is 207 Å². The zero-order valence-corrected chi connectivity index (χ0v) is 41.0. The maximum Gasteiger partial charge on any atom is 3.00 e. The third kappa shape index (κ3) is 9.60. The molecule has 11 aromatic rings. The summed E-state index contributed by atoms with van der Waals surface area (Å²) in [5.41, 5.74) is 20.3. The van der Waals surface area contributed by atoms with Crippen LogP contribution in [0.1, 0.15) is 33.4 Å². The molecule has 0 spiro atoms. The molecule has 3 heterocycles. The molecule has 0 saturated carbocycles. The van der Waals surface area contributed by atoms with Crippen LogP contribution in [0.4, 0.5) is 0 Å². The molecular formula is C65H48IrN3. The van der Waals surface area contributed by atoms with E-state index in [1.54, 1.807) is 0 Å². The van der Waals surface area contributed by atoms with E-state index in [0.29, 0.717) is 0 Å². The van der Waals surface area contributed by atoms with Gasteiger partial charge >= 0.3 is 20.1 Å². The van der Waals surface area contributed by atoms with Crippen LogP contribution in [0.3, 0.4) is 0 Å². The van der Waals surface area contributed by atoms with Gasteiger partial charge in [0.15, 0.2) is 0 Å². The molecule has 0 radical (unpaired) electrons. The molecule has 0 fully saturated rings. The molecule has 3 nitrogen and oxygen atoms in total. The molecule has 3 aromatic heterocycles. The van der Waals surface area contributed by atoms with E-state index in [0.717, 1.165) is 81.7 Å². The van der Waals surface area contributed by atoms with Crippen LogP contribution in [0, 0.1) is 32.0 Å². The van der Waals surface area contributed by atoms with E-state index in [9.17, 15) is 0 Å². The van der Waals surface area contributed by atoms with Gasteiger partial charge in [-0.2, -0.15) is 0 Å². The maximum absolute atomic E-state index is 5.15. The summed E-state index contributed by atoms with van der Waals surface area (Å²) in [4.78, 5) is 14.8. The van der Waals surface area contributed by atoms with Gasteiger partial charge < -0.3 is 15.0 Å². The molecule has 0 saturated heterocycles. The minimum atomic E-state index is 0. The first-order valence-electron chi connectivity index (χ1n) is 23.5. The Morgan fingerprint density at radius 2 is 0.826 bits per heavy atom. The summed E-state index contributed by atoms with van der Waals surface area (Å²) in [6, 6.07) is 76.9. The summed E-state index contributed by atoms with van der Waals surface area (Å²) < 4.78 is 0. The molecule has 0 atom stereocenters. The number of fused-ring (bicyclic) bond motifs is 3. The molecule has 332 valence electrons. The number of hydrogen-bond acceptors (Lipinski definition) is 3. The Labute approximate surface area is 419 Å². The van der Waals surface area contributed by atoms with Crippen molar-refractivity contribution in [2.75, 3.05) is 0 Å². The topological polar surface area (TPSA) is 38.7 Å². The molecule has 4 heteroatoms. The van der Waals surface area contributed by atoms with Crippen LogP contribution in [0.25, 0.3) is 88.7 Å². The van der Waals surface area contributed by atoms with Crippen molar-refractivity contribution in [3.8, 4) is 67.2 Å². The van der Waals surface area contributed by atoms with Crippen molar-refractivity contribution >= 4 is 21.5 Å². The first-order valence-corrected chi connectivity index (χ1v) is 23.5. The minimum Gasteiger partial charge on any atom is -0.304 e. The predicted octanol–water partition coefficient (Wildman–Crippen LogP) is 15.8. The molecule has 11 rings (SSSR count). The number of benzene rings is 8. The molecule has 0 aliphatic heterocycles. The van der Waals surface area contributed by atoms with Crippen molar-refractivity contribution in [1.29, 1.82) is 0 Å². The van der Waals surface area contributed by atoms with Gasteiger partial charge in [-0.3, -0.25) is 0 Å². The van der Waals surface area contributed by atoms with Gasteiger partial charge in [0.1, 0.15) is 0 Å². The number of aromatic nitrogens is 3. The average molecular weight is 1060 g/mol. The fraction of sp³-hybridized carbons (Fsp3) is 0.0923. The minimum absolute atomic E-state index is 0. The van der Waals surface area contributed by atoms with Crippen molar-refractivity contribution in [3.05, 3.63) is 258 Å². The van der Waals surface area contributed by atoms with Crippen LogP contribution >= 0.6 is 0 Å². The Kier molecular flexibility index (Phi) is 13.3. The van der Waals surface area contributed by atoms with E-state index in [2.05, 4.69) is 178 Å². The largest absolute Gasteiger partial charge is 3.00 e. The van der Waals surface area contributed by atoms with E-state index in [1.165, 1.54) is 66.1 Å².